The number of carbonyl (C=O) groups excluding carboxylic acids is 2. The van der Waals surface area contributed by atoms with E-state index in [0.717, 1.165) is 29.9 Å². The Balaban J connectivity index is 1.40. The second-order valence-electron chi connectivity index (χ2n) is 9.55. The molecule has 4 aromatic rings. The monoisotopic (exact) mass is 523 g/mol. The number of carboxylic acids is 1. The van der Waals surface area contributed by atoms with Gasteiger partial charge in [-0.25, -0.2) is 9.59 Å². The first-order valence-corrected chi connectivity index (χ1v) is 12.9. The third-order valence-electron chi connectivity index (χ3n) is 6.89. The number of para-hydroxylation sites is 1. The summed E-state index contributed by atoms with van der Waals surface area (Å²) in [5.41, 5.74) is 4.60. The van der Waals surface area contributed by atoms with Gasteiger partial charge in [-0.2, -0.15) is 0 Å². The average molecular weight is 524 g/mol. The van der Waals surface area contributed by atoms with Crippen molar-refractivity contribution in [2.24, 2.45) is 0 Å². The van der Waals surface area contributed by atoms with Crippen LogP contribution in [0, 0.1) is 0 Å². The molecule has 5 rings (SSSR count). The highest BCUT2D eigenvalue weighted by molar-refractivity contribution is 6.06. The maximum Gasteiger partial charge on any atom is 0.340 e. The number of aromatic nitrogens is 1. The second kappa shape index (κ2) is 11.4. The van der Waals surface area contributed by atoms with Gasteiger partial charge >= 0.3 is 11.9 Å². The number of hydrogen-bond donors (Lipinski definition) is 2. The topological polar surface area (TPSA) is 109 Å². The van der Waals surface area contributed by atoms with Crippen molar-refractivity contribution in [3.63, 3.8) is 0 Å². The summed E-state index contributed by atoms with van der Waals surface area (Å²) in [6, 6.07) is 23.5. The molecule has 1 aliphatic heterocycles. The van der Waals surface area contributed by atoms with Crippen LogP contribution in [0.3, 0.4) is 0 Å². The van der Waals surface area contributed by atoms with Gasteiger partial charge in [0.15, 0.2) is 6.10 Å². The first-order valence-electron chi connectivity index (χ1n) is 12.9. The van der Waals surface area contributed by atoms with E-state index in [2.05, 4.69) is 22.3 Å². The Morgan fingerprint density at radius 3 is 2.44 bits per heavy atom. The van der Waals surface area contributed by atoms with Crippen molar-refractivity contribution in [1.82, 2.24) is 9.88 Å². The number of ether oxygens (including phenoxy) is 1. The third-order valence-corrected chi connectivity index (χ3v) is 6.89. The summed E-state index contributed by atoms with van der Waals surface area (Å²) < 4.78 is 5.82. The van der Waals surface area contributed by atoms with Gasteiger partial charge in [0.25, 0.3) is 5.91 Å². The smallest absolute Gasteiger partial charge is 0.340 e. The number of carboxylic acid groups (broad SMARTS) is 1. The Hall–Kier alpha value is -4.56. The maximum absolute atomic E-state index is 13.7. The molecule has 0 bridgehead atoms. The lowest BCUT2D eigenvalue weighted by atomic mass is 9.95. The average Bonchev–Trinajstić information content (AvgIpc) is 2.95. The zero-order valence-electron chi connectivity index (χ0n) is 21.6. The van der Waals surface area contributed by atoms with Crippen LogP contribution in [0.2, 0.25) is 0 Å². The summed E-state index contributed by atoms with van der Waals surface area (Å²) in [6.07, 6.45) is -0.0452. The molecule has 1 atom stereocenters. The predicted molar refractivity (Wildman–Crippen MR) is 148 cm³/mol. The van der Waals surface area contributed by atoms with Gasteiger partial charge in [-0.05, 0) is 42.3 Å². The lowest BCUT2D eigenvalue weighted by Crippen LogP contribution is -2.34. The van der Waals surface area contributed by atoms with Crippen molar-refractivity contribution >= 4 is 34.4 Å². The SMILES string of the molecule is CCC(OC(=O)c1c2c(nc3ccccc13)CCN(Cc1ccccc1)C2)C(=O)Nc1ccc(C(=O)O)cc1. The van der Waals surface area contributed by atoms with Crippen LogP contribution < -0.4 is 5.32 Å². The lowest BCUT2D eigenvalue weighted by Gasteiger charge is -2.30. The largest absolute Gasteiger partial charge is 0.478 e. The number of esters is 1. The van der Waals surface area contributed by atoms with Gasteiger partial charge in [0, 0.05) is 48.4 Å². The molecule has 39 heavy (non-hydrogen) atoms. The highest BCUT2D eigenvalue weighted by atomic mass is 16.5. The van der Waals surface area contributed by atoms with E-state index in [1.165, 1.54) is 29.8 Å². The molecule has 0 spiro atoms. The van der Waals surface area contributed by atoms with Crippen molar-refractivity contribution in [2.75, 3.05) is 11.9 Å². The van der Waals surface area contributed by atoms with Gasteiger partial charge in [0.2, 0.25) is 0 Å². The highest BCUT2D eigenvalue weighted by Crippen LogP contribution is 2.30. The molecular formula is C31H29N3O5. The Bertz CT molecular complexity index is 1520. The third kappa shape index (κ3) is 5.81. The molecule has 0 radical (unpaired) electrons. The van der Waals surface area contributed by atoms with Crippen LogP contribution in [0.4, 0.5) is 5.69 Å². The van der Waals surface area contributed by atoms with Crippen LogP contribution in [0.1, 0.15) is 50.9 Å². The van der Waals surface area contributed by atoms with Crippen LogP contribution in [0.15, 0.2) is 78.9 Å². The number of aromatic carboxylic acids is 1. The van der Waals surface area contributed by atoms with Crippen LogP contribution in [-0.2, 0) is 29.0 Å². The van der Waals surface area contributed by atoms with Crippen molar-refractivity contribution in [1.29, 1.82) is 0 Å². The normalized spacial score (nSPS) is 13.9. The van der Waals surface area contributed by atoms with Gasteiger partial charge in [0.1, 0.15) is 0 Å². The molecular weight excluding hydrogens is 494 g/mol. The molecule has 8 heteroatoms. The number of benzene rings is 3. The Kier molecular flexibility index (Phi) is 7.65. The minimum Gasteiger partial charge on any atom is -0.478 e. The van der Waals surface area contributed by atoms with Crippen molar-refractivity contribution < 1.29 is 24.2 Å². The molecule has 0 saturated heterocycles. The van der Waals surface area contributed by atoms with Gasteiger partial charge < -0.3 is 15.2 Å². The van der Waals surface area contributed by atoms with Crippen LogP contribution >= 0.6 is 0 Å². The number of carbonyl (C=O) groups is 3. The predicted octanol–water partition coefficient (Wildman–Crippen LogP) is 5.07. The molecule has 198 valence electrons. The van der Waals surface area contributed by atoms with E-state index in [-0.39, 0.29) is 12.0 Å². The molecule has 1 unspecified atom stereocenters. The molecule has 0 saturated carbocycles. The van der Waals surface area contributed by atoms with Crippen LogP contribution in [-0.4, -0.2) is 45.5 Å². The van der Waals surface area contributed by atoms with E-state index in [1.54, 1.807) is 6.92 Å². The first kappa shape index (κ1) is 26.1. The van der Waals surface area contributed by atoms with Crippen LogP contribution in [0.5, 0.6) is 0 Å². The fraction of sp³-hybridized carbons (Fsp3) is 0.226. The van der Waals surface area contributed by atoms with Gasteiger partial charge in [0.05, 0.1) is 16.6 Å². The molecule has 1 aliphatic rings. The number of nitrogens with zero attached hydrogens (tertiary/aromatic N) is 2. The molecule has 0 fully saturated rings. The summed E-state index contributed by atoms with van der Waals surface area (Å²) in [5.74, 6) is -2.09. The first-order chi connectivity index (χ1) is 18.9. The molecule has 2 heterocycles. The number of anilines is 1. The number of amides is 1. The minimum atomic E-state index is -1.05. The van der Waals surface area contributed by atoms with E-state index >= 15 is 0 Å². The zero-order valence-corrected chi connectivity index (χ0v) is 21.6. The summed E-state index contributed by atoms with van der Waals surface area (Å²) in [5, 5.41) is 12.5. The second-order valence-corrected chi connectivity index (χ2v) is 9.55. The quantitative estimate of drug-likeness (QED) is 0.311. The van der Waals surface area contributed by atoms with Gasteiger partial charge in [-0.1, -0.05) is 55.5 Å². The maximum atomic E-state index is 13.7. The van der Waals surface area contributed by atoms with E-state index < -0.39 is 23.9 Å². The van der Waals surface area contributed by atoms with E-state index in [1.807, 2.05) is 42.5 Å². The molecule has 8 nitrogen and oxygen atoms in total. The summed E-state index contributed by atoms with van der Waals surface area (Å²) >= 11 is 0. The fourth-order valence-corrected chi connectivity index (χ4v) is 4.89. The van der Waals surface area contributed by atoms with Crippen molar-refractivity contribution in [2.45, 2.75) is 39.0 Å². The van der Waals surface area contributed by atoms with Crippen molar-refractivity contribution in [3.05, 3.63) is 107 Å². The lowest BCUT2D eigenvalue weighted by molar-refractivity contribution is -0.124. The Morgan fingerprint density at radius 2 is 1.72 bits per heavy atom. The number of hydrogen-bond acceptors (Lipinski definition) is 6. The molecule has 3 aromatic carbocycles. The molecule has 1 amide bonds. The summed E-state index contributed by atoms with van der Waals surface area (Å²) in [7, 11) is 0. The molecule has 1 aromatic heterocycles. The fourth-order valence-electron chi connectivity index (χ4n) is 4.89. The van der Waals surface area contributed by atoms with E-state index in [9.17, 15) is 14.4 Å². The van der Waals surface area contributed by atoms with E-state index in [0.29, 0.717) is 29.6 Å². The molecule has 2 N–H and O–H groups in total. The minimum absolute atomic E-state index is 0.113. The number of nitrogens with one attached hydrogen (secondary N) is 1. The van der Waals surface area contributed by atoms with Gasteiger partial charge in [-0.15, -0.1) is 0 Å². The Labute approximate surface area is 226 Å². The number of fused-ring (bicyclic) bond motifs is 2. The van der Waals surface area contributed by atoms with Crippen molar-refractivity contribution in [3.8, 4) is 0 Å². The van der Waals surface area contributed by atoms with Gasteiger partial charge in [-0.3, -0.25) is 14.7 Å². The number of pyridine rings is 1. The van der Waals surface area contributed by atoms with E-state index in [4.69, 9.17) is 14.8 Å². The highest BCUT2D eigenvalue weighted by Gasteiger charge is 2.29. The summed E-state index contributed by atoms with van der Waals surface area (Å²) in [6.45, 7) is 3.89. The zero-order chi connectivity index (χ0) is 27.4. The number of rotatable bonds is 8. The Morgan fingerprint density at radius 1 is 1.00 bits per heavy atom. The standard InChI is InChI=1S/C31H29N3O5/c1-2-27(29(35)32-22-14-12-21(13-15-22)30(36)37)39-31(38)28-23-10-6-7-11-25(23)33-26-16-17-34(19-24(26)28)18-20-8-4-3-5-9-20/h3-15,27H,2,16-19H2,1H3,(H,32,35)(H,36,37). The van der Waals surface area contributed by atoms with Crippen LogP contribution in [0.25, 0.3) is 10.9 Å². The summed E-state index contributed by atoms with van der Waals surface area (Å²) in [4.78, 5) is 45.0. The molecule has 0 aliphatic carbocycles.